The number of pyridine rings is 1. The Hall–Kier alpha value is -1.23. The third-order valence-electron chi connectivity index (χ3n) is 2.31. The first-order chi connectivity index (χ1) is 6.98. The number of nitrogens with zero attached hydrogens (tertiary/aromatic N) is 1. The van der Waals surface area contributed by atoms with Crippen LogP contribution in [0.4, 0.5) is 5.82 Å². The van der Waals surface area contributed by atoms with Crippen molar-refractivity contribution in [1.29, 1.82) is 0 Å². The van der Waals surface area contributed by atoms with Gasteiger partial charge in [-0.3, -0.25) is 4.79 Å². The van der Waals surface area contributed by atoms with Crippen LogP contribution in [0.15, 0.2) is 18.3 Å². The molecular formula is C10H14N2O2S. The molecule has 0 aromatic carbocycles. The Morgan fingerprint density at radius 1 is 1.67 bits per heavy atom. The zero-order valence-corrected chi connectivity index (χ0v) is 9.37. The maximum atomic E-state index is 11.0. The highest BCUT2D eigenvalue weighted by atomic mass is 32.1. The molecule has 1 rings (SSSR count). The van der Waals surface area contributed by atoms with Crippen molar-refractivity contribution in [2.45, 2.75) is 13.3 Å². The van der Waals surface area contributed by atoms with E-state index >= 15 is 0 Å². The van der Waals surface area contributed by atoms with E-state index in [2.05, 4.69) is 17.6 Å². The van der Waals surface area contributed by atoms with E-state index in [-0.39, 0.29) is 5.75 Å². The normalized spacial score (nSPS) is 14.5. The number of nitrogen functional groups attached to an aromatic ring is 1. The van der Waals surface area contributed by atoms with Crippen molar-refractivity contribution in [2.24, 2.45) is 5.41 Å². The number of hydrogen-bond acceptors (Lipinski definition) is 4. The lowest BCUT2D eigenvalue weighted by molar-refractivity contribution is -0.146. The second kappa shape index (κ2) is 4.53. The van der Waals surface area contributed by atoms with Gasteiger partial charge in [-0.1, -0.05) is 6.07 Å². The van der Waals surface area contributed by atoms with Crippen LogP contribution >= 0.6 is 12.6 Å². The minimum absolute atomic E-state index is 0.284. The maximum Gasteiger partial charge on any atom is 0.310 e. The molecular weight excluding hydrogens is 212 g/mol. The number of aliphatic carboxylic acids is 1. The van der Waals surface area contributed by atoms with Crippen molar-refractivity contribution in [3.8, 4) is 0 Å². The molecule has 0 aliphatic carbocycles. The number of hydrogen-bond donors (Lipinski definition) is 3. The van der Waals surface area contributed by atoms with Crippen LogP contribution in [0.3, 0.4) is 0 Å². The van der Waals surface area contributed by atoms with Gasteiger partial charge in [-0.15, -0.1) is 0 Å². The third kappa shape index (κ3) is 2.86. The zero-order valence-electron chi connectivity index (χ0n) is 8.47. The molecule has 1 atom stereocenters. The molecule has 1 aromatic heterocycles. The number of carbonyl (C=O) groups is 1. The summed E-state index contributed by atoms with van der Waals surface area (Å²) in [7, 11) is 0. The number of carboxylic acid groups (broad SMARTS) is 1. The fraction of sp³-hybridized carbons (Fsp3) is 0.400. The lowest BCUT2D eigenvalue weighted by Crippen LogP contribution is -2.31. The fourth-order valence-electron chi connectivity index (χ4n) is 1.19. The van der Waals surface area contributed by atoms with Gasteiger partial charge in [0.2, 0.25) is 0 Å². The second-order valence-corrected chi connectivity index (χ2v) is 4.11. The van der Waals surface area contributed by atoms with E-state index in [1.54, 1.807) is 25.3 Å². The Kier molecular flexibility index (Phi) is 3.57. The Bertz CT molecular complexity index is 353. The van der Waals surface area contributed by atoms with Crippen LogP contribution in [-0.2, 0) is 11.2 Å². The first-order valence-electron chi connectivity index (χ1n) is 4.52. The molecule has 1 heterocycles. The highest BCUT2D eigenvalue weighted by Gasteiger charge is 2.31. The predicted octanol–water partition coefficient (Wildman–Crippen LogP) is 1.23. The summed E-state index contributed by atoms with van der Waals surface area (Å²) in [4.78, 5) is 14.9. The van der Waals surface area contributed by atoms with Crippen LogP contribution in [0.5, 0.6) is 0 Å². The average Bonchev–Trinajstić information content (AvgIpc) is 2.21. The fourth-order valence-corrected chi connectivity index (χ4v) is 1.44. The van der Waals surface area contributed by atoms with Gasteiger partial charge in [-0.05, 0) is 25.0 Å². The van der Waals surface area contributed by atoms with Crippen molar-refractivity contribution in [3.63, 3.8) is 0 Å². The standard InChI is InChI=1S/C10H14N2O2S/c1-10(6-15,9(13)14)4-7-2-3-8(11)12-5-7/h2-3,5,15H,4,6H2,1H3,(H2,11,12)(H,13,14). The molecule has 5 heteroatoms. The maximum absolute atomic E-state index is 11.0. The van der Waals surface area contributed by atoms with Gasteiger partial charge >= 0.3 is 5.97 Å². The quantitative estimate of drug-likeness (QED) is 0.675. The summed E-state index contributed by atoms with van der Waals surface area (Å²) in [5.74, 6) is -0.136. The van der Waals surface area contributed by atoms with E-state index in [0.29, 0.717) is 12.2 Å². The lowest BCUT2D eigenvalue weighted by atomic mass is 9.86. The molecule has 15 heavy (non-hydrogen) atoms. The van der Waals surface area contributed by atoms with Crippen LogP contribution < -0.4 is 5.73 Å². The van der Waals surface area contributed by atoms with Gasteiger partial charge in [0.15, 0.2) is 0 Å². The number of thiol groups is 1. The van der Waals surface area contributed by atoms with Gasteiger partial charge in [0.1, 0.15) is 5.82 Å². The van der Waals surface area contributed by atoms with Gasteiger partial charge in [-0.2, -0.15) is 12.6 Å². The first kappa shape index (κ1) is 11.8. The van der Waals surface area contributed by atoms with Crippen molar-refractivity contribution in [1.82, 2.24) is 4.98 Å². The van der Waals surface area contributed by atoms with Gasteiger partial charge in [0.05, 0.1) is 5.41 Å². The topological polar surface area (TPSA) is 76.2 Å². The second-order valence-electron chi connectivity index (χ2n) is 3.79. The minimum Gasteiger partial charge on any atom is -0.481 e. The molecule has 1 aromatic rings. The third-order valence-corrected chi connectivity index (χ3v) is 3.01. The van der Waals surface area contributed by atoms with E-state index in [1.165, 1.54) is 0 Å². The van der Waals surface area contributed by atoms with Gasteiger partial charge in [-0.25, -0.2) is 4.98 Å². The Labute approximate surface area is 93.9 Å². The first-order valence-corrected chi connectivity index (χ1v) is 5.16. The molecule has 0 saturated heterocycles. The average molecular weight is 226 g/mol. The summed E-state index contributed by atoms with van der Waals surface area (Å²) < 4.78 is 0. The predicted molar refractivity (Wildman–Crippen MR) is 61.9 cm³/mol. The molecule has 3 N–H and O–H groups in total. The monoisotopic (exact) mass is 226 g/mol. The smallest absolute Gasteiger partial charge is 0.310 e. The number of carboxylic acids is 1. The summed E-state index contributed by atoms with van der Waals surface area (Å²) in [6.45, 7) is 1.67. The van der Waals surface area contributed by atoms with Crippen LogP contribution in [0, 0.1) is 5.41 Å². The van der Waals surface area contributed by atoms with Crippen LogP contribution in [-0.4, -0.2) is 21.8 Å². The summed E-state index contributed by atoms with van der Waals surface area (Å²) in [5.41, 5.74) is 5.43. The zero-order chi connectivity index (χ0) is 11.5. The van der Waals surface area contributed by atoms with Crippen LogP contribution in [0.25, 0.3) is 0 Å². The molecule has 0 bridgehead atoms. The Balaban J connectivity index is 2.84. The number of aromatic nitrogens is 1. The van der Waals surface area contributed by atoms with Crippen molar-refractivity contribution >= 4 is 24.4 Å². The molecule has 1 unspecified atom stereocenters. The minimum atomic E-state index is -0.860. The molecule has 0 saturated carbocycles. The number of anilines is 1. The molecule has 4 nitrogen and oxygen atoms in total. The summed E-state index contributed by atoms with van der Waals surface area (Å²) in [6, 6.07) is 3.45. The summed E-state index contributed by atoms with van der Waals surface area (Å²) in [6.07, 6.45) is 2.00. The van der Waals surface area contributed by atoms with Crippen LogP contribution in [0.1, 0.15) is 12.5 Å². The lowest BCUT2D eigenvalue weighted by Gasteiger charge is -2.22. The van der Waals surface area contributed by atoms with Gasteiger partial charge < -0.3 is 10.8 Å². The van der Waals surface area contributed by atoms with Crippen molar-refractivity contribution in [3.05, 3.63) is 23.9 Å². The van der Waals surface area contributed by atoms with Crippen molar-refractivity contribution < 1.29 is 9.90 Å². The summed E-state index contributed by atoms with van der Waals surface area (Å²) >= 11 is 4.07. The van der Waals surface area contributed by atoms with E-state index in [4.69, 9.17) is 10.8 Å². The van der Waals surface area contributed by atoms with E-state index in [1.807, 2.05) is 0 Å². The highest BCUT2D eigenvalue weighted by molar-refractivity contribution is 7.80. The molecule has 0 spiro atoms. The van der Waals surface area contributed by atoms with E-state index in [9.17, 15) is 4.79 Å². The van der Waals surface area contributed by atoms with Gasteiger partial charge in [0, 0.05) is 11.9 Å². The van der Waals surface area contributed by atoms with E-state index < -0.39 is 11.4 Å². The Morgan fingerprint density at radius 3 is 2.73 bits per heavy atom. The SMILES string of the molecule is CC(CS)(Cc1ccc(N)nc1)C(=O)O. The number of nitrogens with two attached hydrogens (primary N) is 1. The number of rotatable bonds is 4. The molecule has 0 fully saturated rings. The molecule has 0 aliphatic rings. The largest absolute Gasteiger partial charge is 0.481 e. The van der Waals surface area contributed by atoms with Crippen LogP contribution in [0.2, 0.25) is 0 Å². The Morgan fingerprint density at radius 2 is 2.33 bits per heavy atom. The van der Waals surface area contributed by atoms with Gasteiger partial charge in [0.25, 0.3) is 0 Å². The van der Waals surface area contributed by atoms with E-state index in [0.717, 1.165) is 5.56 Å². The van der Waals surface area contributed by atoms with Crippen molar-refractivity contribution in [2.75, 3.05) is 11.5 Å². The summed E-state index contributed by atoms with van der Waals surface area (Å²) in [5, 5.41) is 9.05. The molecule has 0 radical (unpaired) electrons. The molecule has 82 valence electrons. The molecule has 0 aliphatic heterocycles. The highest BCUT2D eigenvalue weighted by Crippen LogP contribution is 2.24. The molecule has 0 amide bonds.